The van der Waals surface area contributed by atoms with E-state index in [1.807, 2.05) is 33.8 Å². The molecule has 5 heteroatoms. The zero-order chi connectivity index (χ0) is 18.8. The Morgan fingerprint density at radius 3 is 2.31 bits per heavy atom. The molecule has 140 valence electrons. The van der Waals surface area contributed by atoms with Gasteiger partial charge in [0, 0.05) is 43.1 Å². The zero-order valence-electron chi connectivity index (χ0n) is 16.5. The van der Waals surface area contributed by atoms with Crippen LogP contribution < -0.4 is 10.2 Å². The van der Waals surface area contributed by atoms with Gasteiger partial charge >= 0.3 is 0 Å². The van der Waals surface area contributed by atoms with Gasteiger partial charge < -0.3 is 19.5 Å². The molecule has 0 spiro atoms. The quantitative estimate of drug-likeness (QED) is 0.903. The minimum Gasteiger partial charge on any atom is -0.466 e. The van der Waals surface area contributed by atoms with Crippen LogP contribution in [0.2, 0.25) is 0 Å². The highest BCUT2D eigenvalue weighted by Crippen LogP contribution is 2.26. The van der Waals surface area contributed by atoms with E-state index < -0.39 is 0 Å². The Hall–Kier alpha value is -2.27. The van der Waals surface area contributed by atoms with Gasteiger partial charge in [0.15, 0.2) is 0 Å². The van der Waals surface area contributed by atoms with E-state index in [1.165, 1.54) is 5.69 Å². The van der Waals surface area contributed by atoms with Gasteiger partial charge in [-0.15, -0.1) is 0 Å². The van der Waals surface area contributed by atoms with Crippen molar-refractivity contribution in [3.8, 4) is 0 Å². The predicted octanol–water partition coefficient (Wildman–Crippen LogP) is 3.91. The van der Waals surface area contributed by atoms with Crippen molar-refractivity contribution in [2.24, 2.45) is 0 Å². The van der Waals surface area contributed by atoms with Crippen LogP contribution in [-0.2, 0) is 0 Å². The Morgan fingerprint density at radius 2 is 1.77 bits per heavy atom. The van der Waals surface area contributed by atoms with Crippen molar-refractivity contribution < 1.29 is 9.21 Å². The fourth-order valence-corrected chi connectivity index (χ4v) is 3.62. The highest BCUT2D eigenvalue weighted by atomic mass is 16.3. The molecule has 5 nitrogen and oxygen atoms in total. The van der Waals surface area contributed by atoms with E-state index in [-0.39, 0.29) is 5.91 Å². The molecule has 0 radical (unpaired) electrons. The summed E-state index contributed by atoms with van der Waals surface area (Å²) in [7, 11) is 0. The number of benzene rings is 1. The number of nitrogens with zero attached hydrogens (tertiary/aromatic N) is 2. The van der Waals surface area contributed by atoms with Crippen molar-refractivity contribution >= 4 is 17.3 Å². The average Bonchev–Trinajstić information content (AvgIpc) is 2.89. The van der Waals surface area contributed by atoms with Crippen LogP contribution in [0.15, 0.2) is 22.6 Å². The normalized spacial score (nSPS) is 15.3. The average molecular weight is 355 g/mol. The van der Waals surface area contributed by atoms with E-state index in [9.17, 15) is 4.79 Å². The van der Waals surface area contributed by atoms with Gasteiger partial charge in [0.2, 0.25) is 0 Å². The first-order valence-corrected chi connectivity index (χ1v) is 9.36. The highest BCUT2D eigenvalue weighted by molar-refractivity contribution is 6.06. The zero-order valence-corrected chi connectivity index (χ0v) is 16.5. The van der Waals surface area contributed by atoms with E-state index >= 15 is 0 Å². The second kappa shape index (κ2) is 7.54. The van der Waals surface area contributed by atoms with Crippen LogP contribution in [-0.4, -0.2) is 43.5 Å². The third-order valence-corrected chi connectivity index (χ3v) is 5.43. The van der Waals surface area contributed by atoms with Crippen LogP contribution in [0.3, 0.4) is 0 Å². The van der Waals surface area contributed by atoms with Crippen LogP contribution in [0, 0.1) is 27.7 Å². The summed E-state index contributed by atoms with van der Waals surface area (Å²) in [4.78, 5) is 17.6. The molecule has 1 aliphatic heterocycles. The number of carbonyl (C=O) groups is 1. The van der Waals surface area contributed by atoms with Crippen LogP contribution in [0.4, 0.5) is 11.4 Å². The van der Waals surface area contributed by atoms with Crippen molar-refractivity contribution in [3.05, 3.63) is 46.4 Å². The van der Waals surface area contributed by atoms with E-state index in [0.717, 1.165) is 55.3 Å². The Kier molecular flexibility index (Phi) is 5.37. The molecule has 1 aromatic heterocycles. The maximum absolute atomic E-state index is 12.7. The monoisotopic (exact) mass is 355 g/mol. The first kappa shape index (κ1) is 18.5. The summed E-state index contributed by atoms with van der Waals surface area (Å²) in [6, 6.07) is 6.27. The molecule has 1 fully saturated rings. The van der Waals surface area contributed by atoms with Gasteiger partial charge in [0.1, 0.15) is 11.5 Å². The maximum atomic E-state index is 12.7. The number of likely N-dealkylation sites (N-methyl/N-ethyl adjacent to an activating group) is 1. The summed E-state index contributed by atoms with van der Waals surface area (Å²) < 4.78 is 5.58. The number of anilines is 2. The molecule has 3 rings (SSSR count). The Balaban J connectivity index is 1.73. The van der Waals surface area contributed by atoms with Gasteiger partial charge in [-0.3, -0.25) is 4.79 Å². The SMILES string of the molecule is CCN1CCN(c2ccc(NC(=O)c3c(C)oc(C)c3C)c(C)c2)CC1. The molecule has 0 saturated carbocycles. The molecule has 1 amide bonds. The second-order valence-electron chi connectivity index (χ2n) is 7.09. The lowest BCUT2D eigenvalue weighted by Crippen LogP contribution is -2.46. The van der Waals surface area contributed by atoms with Crippen molar-refractivity contribution in [1.29, 1.82) is 0 Å². The Morgan fingerprint density at radius 1 is 1.08 bits per heavy atom. The molecule has 0 aliphatic carbocycles. The highest BCUT2D eigenvalue weighted by Gasteiger charge is 2.20. The maximum Gasteiger partial charge on any atom is 0.259 e. The minimum absolute atomic E-state index is 0.107. The van der Waals surface area contributed by atoms with Gasteiger partial charge in [-0.25, -0.2) is 0 Å². The number of furan rings is 1. The summed E-state index contributed by atoms with van der Waals surface area (Å²) in [5.41, 5.74) is 4.69. The number of carbonyl (C=O) groups excluding carboxylic acids is 1. The van der Waals surface area contributed by atoms with Crippen LogP contribution in [0.1, 0.15) is 39.9 Å². The first-order valence-electron chi connectivity index (χ1n) is 9.36. The number of aryl methyl sites for hydroxylation is 3. The summed E-state index contributed by atoms with van der Waals surface area (Å²) >= 11 is 0. The lowest BCUT2D eigenvalue weighted by molar-refractivity contribution is 0.102. The standard InChI is InChI=1S/C21H29N3O2/c1-6-23-9-11-24(12-10-23)18-7-8-19(14(2)13-18)22-21(25)20-15(3)16(4)26-17(20)5/h7-8,13H,6,9-12H2,1-5H3,(H,22,25). The first-order chi connectivity index (χ1) is 12.4. The summed E-state index contributed by atoms with van der Waals surface area (Å²) in [5, 5.41) is 3.04. The minimum atomic E-state index is -0.107. The Bertz CT molecular complexity index is 802. The molecule has 26 heavy (non-hydrogen) atoms. The summed E-state index contributed by atoms with van der Waals surface area (Å²) in [6.45, 7) is 15.3. The van der Waals surface area contributed by atoms with Gasteiger partial charge in [-0.2, -0.15) is 0 Å². The third-order valence-electron chi connectivity index (χ3n) is 5.43. The Labute approximate surface area is 156 Å². The number of rotatable bonds is 4. The third kappa shape index (κ3) is 3.63. The molecular weight excluding hydrogens is 326 g/mol. The van der Waals surface area contributed by atoms with E-state index in [0.29, 0.717) is 11.3 Å². The number of hydrogen-bond donors (Lipinski definition) is 1. The van der Waals surface area contributed by atoms with Gasteiger partial charge in [0.25, 0.3) is 5.91 Å². The van der Waals surface area contributed by atoms with Crippen LogP contribution in [0.5, 0.6) is 0 Å². The molecular formula is C21H29N3O2. The molecule has 2 aromatic rings. The van der Waals surface area contributed by atoms with Crippen LogP contribution >= 0.6 is 0 Å². The molecule has 2 heterocycles. The van der Waals surface area contributed by atoms with Gasteiger partial charge in [0.05, 0.1) is 5.56 Å². The number of piperazine rings is 1. The molecule has 1 N–H and O–H groups in total. The largest absolute Gasteiger partial charge is 0.466 e. The van der Waals surface area contributed by atoms with E-state index in [4.69, 9.17) is 4.42 Å². The molecule has 1 aliphatic rings. The number of hydrogen-bond acceptors (Lipinski definition) is 4. The number of amides is 1. The van der Waals surface area contributed by atoms with Gasteiger partial charge in [-0.05, 0) is 58.0 Å². The van der Waals surface area contributed by atoms with Crippen molar-refractivity contribution in [3.63, 3.8) is 0 Å². The smallest absolute Gasteiger partial charge is 0.259 e. The second-order valence-corrected chi connectivity index (χ2v) is 7.09. The van der Waals surface area contributed by atoms with E-state index in [1.54, 1.807) is 0 Å². The number of nitrogens with one attached hydrogen (secondary N) is 1. The fraction of sp³-hybridized carbons (Fsp3) is 0.476. The molecule has 0 atom stereocenters. The molecule has 0 bridgehead atoms. The summed E-state index contributed by atoms with van der Waals surface area (Å²) in [5.74, 6) is 1.36. The van der Waals surface area contributed by atoms with Gasteiger partial charge in [-0.1, -0.05) is 6.92 Å². The summed E-state index contributed by atoms with van der Waals surface area (Å²) in [6.07, 6.45) is 0. The van der Waals surface area contributed by atoms with Crippen LogP contribution in [0.25, 0.3) is 0 Å². The van der Waals surface area contributed by atoms with Crippen molar-refractivity contribution in [1.82, 2.24) is 4.90 Å². The lowest BCUT2D eigenvalue weighted by Gasteiger charge is -2.35. The van der Waals surface area contributed by atoms with E-state index in [2.05, 4.69) is 34.2 Å². The lowest BCUT2D eigenvalue weighted by atomic mass is 10.1. The molecule has 1 aromatic carbocycles. The topological polar surface area (TPSA) is 48.7 Å². The predicted molar refractivity (Wildman–Crippen MR) is 106 cm³/mol. The van der Waals surface area contributed by atoms with Crippen molar-refractivity contribution in [2.75, 3.05) is 42.9 Å². The van der Waals surface area contributed by atoms with Crippen molar-refractivity contribution in [2.45, 2.75) is 34.6 Å². The molecule has 0 unspecified atom stereocenters. The fourth-order valence-electron chi connectivity index (χ4n) is 3.62. The molecule has 1 saturated heterocycles.